The fourth-order valence-corrected chi connectivity index (χ4v) is 3.11. The Bertz CT molecular complexity index is 455. The van der Waals surface area contributed by atoms with Gasteiger partial charge >= 0.3 is 0 Å². The van der Waals surface area contributed by atoms with Gasteiger partial charge in [0, 0.05) is 25.1 Å². The third-order valence-electron chi connectivity index (χ3n) is 4.66. The van der Waals surface area contributed by atoms with Gasteiger partial charge in [0.05, 0.1) is 0 Å². The Morgan fingerprint density at radius 2 is 1.89 bits per heavy atom. The number of hydrogen-bond acceptors (Lipinski definition) is 3. The van der Waals surface area contributed by atoms with Gasteiger partial charge in [0.2, 0.25) is 0 Å². The predicted octanol–water partition coefficient (Wildman–Crippen LogP) is 4.02. The van der Waals surface area contributed by atoms with Crippen LogP contribution in [0.4, 0.5) is 5.82 Å². The Kier molecular flexibility index (Phi) is 4.34. The highest BCUT2D eigenvalue weighted by Gasteiger charge is 2.36. The minimum Gasteiger partial charge on any atom is -0.356 e. The number of aryl methyl sites for hydroxylation is 1. The van der Waals surface area contributed by atoms with Crippen LogP contribution in [0.3, 0.4) is 0 Å². The molecule has 3 nitrogen and oxygen atoms in total. The minimum atomic E-state index is 0.455. The molecule has 2 rings (SSSR count). The number of hydrogen-bond donors (Lipinski definition) is 0. The maximum absolute atomic E-state index is 6.24. The highest BCUT2D eigenvalue weighted by Crippen LogP contribution is 2.39. The van der Waals surface area contributed by atoms with E-state index in [-0.39, 0.29) is 0 Å². The summed E-state index contributed by atoms with van der Waals surface area (Å²) in [5.41, 5.74) is 1.47. The van der Waals surface area contributed by atoms with Crippen LogP contribution in [0.1, 0.15) is 51.4 Å². The minimum absolute atomic E-state index is 0.455. The van der Waals surface area contributed by atoms with Gasteiger partial charge in [-0.1, -0.05) is 32.4 Å². The summed E-state index contributed by atoms with van der Waals surface area (Å²) in [4.78, 5) is 11.4. The van der Waals surface area contributed by atoms with Crippen molar-refractivity contribution in [3.8, 4) is 0 Å². The first kappa shape index (κ1) is 14.6. The number of halogens is 1. The van der Waals surface area contributed by atoms with Crippen molar-refractivity contribution in [2.24, 2.45) is 5.41 Å². The number of anilines is 1. The fraction of sp³-hybridized carbons (Fsp3) is 0.733. The highest BCUT2D eigenvalue weighted by atomic mass is 35.5. The SMILES string of the molecule is CCc1nc(Cl)c(C)c(N2CCC(CC)(CC)C2)n1. The lowest BCUT2D eigenvalue weighted by Gasteiger charge is -2.27. The summed E-state index contributed by atoms with van der Waals surface area (Å²) in [5, 5.41) is 0.604. The van der Waals surface area contributed by atoms with Gasteiger partial charge in [-0.3, -0.25) is 0 Å². The molecule has 0 unspecified atom stereocenters. The van der Waals surface area contributed by atoms with Gasteiger partial charge < -0.3 is 4.90 Å². The summed E-state index contributed by atoms with van der Waals surface area (Å²) < 4.78 is 0. The van der Waals surface area contributed by atoms with Crippen molar-refractivity contribution in [3.63, 3.8) is 0 Å². The van der Waals surface area contributed by atoms with Crippen molar-refractivity contribution in [1.29, 1.82) is 0 Å². The third-order valence-corrected chi connectivity index (χ3v) is 5.03. The van der Waals surface area contributed by atoms with Gasteiger partial charge in [0.25, 0.3) is 0 Å². The average Bonchev–Trinajstić information content (AvgIpc) is 2.86. The van der Waals surface area contributed by atoms with E-state index < -0.39 is 0 Å². The van der Waals surface area contributed by atoms with E-state index in [1.807, 2.05) is 6.92 Å². The summed E-state index contributed by atoms with van der Waals surface area (Å²) >= 11 is 6.24. The van der Waals surface area contributed by atoms with Crippen LogP contribution >= 0.6 is 11.6 Å². The maximum atomic E-state index is 6.24. The Morgan fingerprint density at radius 3 is 2.42 bits per heavy atom. The van der Waals surface area contributed by atoms with Crippen molar-refractivity contribution in [1.82, 2.24) is 9.97 Å². The molecule has 0 bridgehead atoms. The molecule has 0 aliphatic carbocycles. The van der Waals surface area contributed by atoms with Gasteiger partial charge in [-0.2, -0.15) is 0 Å². The van der Waals surface area contributed by atoms with E-state index in [1.165, 1.54) is 19.3 Å². The summed E-state index contributed by atoms with van der Waals surface area (Å²) in [6.07, 6.45) is 4.55. The van der Waals surface area contributed by atoms with E-state index in [4.69, 9.17) is 16.6 Å². The van der Waals surface area contributed by atoms with E-state index in [0.717, 1.165) is 36.7 Å². The van der Waals surface area contributed by atoms with Gasteiger partial charge in [0.15, 0.2) is 0 Å². The first-order chi connectivity index (χ1) is 9.05. The Labute approximate surface area is 121 Å². The third kappa shape index (κ3) is 2.71. The number of nitrogens with zero attached hydrogens (tertiary/aromatic N) is 3. The molecule has 1 saturated heterocycles. The molecular formula is C15H24ClN3. The lowest BCUT2D eigenvalue weighted by molar-refractivity contribution is 0.301. The molecule has 0 aromatic carbocycles. The van der Waals surface area contributed by atoms with E-state index in [2.05, 4.69) is 30.7 Å². The molecule has 1 aliphatic rings. The first-order valence-corrected chi connectivity index (χ1v) is 7.71. The van der Waals surface area contributed by atoms with E-state index in [0.29, 0.717) is 10.6 Å². The molecule has 0 amide bonds. The summed E-state index contributed by atoms with van der Waals surface area (Å²) in [6.45, 7) is 10.9. The molecule has 0 saturated carbocycles. The summed E-state index contributed by atoms with van der Waals surface area (Å²) in [7, 11) is 0. The van der Waals surface area contributed by atoms with Crippen LogP contribution in [0.15, 0.2) is 0 Å². The van der Waals surface area contributed by atoms with Gasteiger partial charge in [-0.05, 0) is 31.6 Å². The monoisotopic (exact) mass is 281 g/mol. The standard InChI is InChI=1S/C15H24ClN3/c1-5-12-17-13(16)11(4)14(18-12)19-9-8-15(6-2,7-3)10-19/h5-10H2,1-4H3. The van der Waals surface area contributed by atoms with Crippen LogP contribution in [-0.2, 0) is 6.42 Å². The average molecular weight is 282 g/mol. The highest BCUT2D eigenvalue weighted by molar-refractivity contribution is 6.30. The van der Waals surface area contributed by atoms with Gasteiger partial charge in [-0.25, -0.2) is 9.97 Å². The first-order valence-electron chi connectivity index (χ1n) is 7.33. The van der Waals surface area contributed by atoms with E-state index in [9.17, 15) is 0 Å². The van der Waals surface area contributed by atoms with Crippen LogP contribution in [0, 0.1) is 12.3 Å². The lowest BCUT2D eigenvalue weighted by Crippen LogP contribution is -2.27. The van der Waals surface area contributed by atoms with Gasteiger partial charge in [-0.15, -0.1) is 0 Å². The van der Waals surface area contributed by atoms with Crippen molar-refractivity contribution in [3.05, 3.63) is 16.5 Å². The lowest BCUT2D eigenvalue weighted by atomic mass is 9.82. The second-order valence-corrected chi connectivity index (χ2v) is 5.97. The topological polar surface area (TPSA) is 29.0 Å². The molecule has 2 heterocycles. The zero-order chi connectivity index (χ0) is 14.0. The van der Waals surface area contributed by atoms with Crippen molar-refractivity contribution in [2.75, 3.05) is 18.0 Å². The fourth-order valence-electron chi connectivity index (χ4n) is 2.93. The van der Waals surface area contributed by atoms with Gasteiger partial charge in [0.1, 0.15) is 16.8 Å². The molecule has 0 spiro atoms. The largest absolute Gasteiger partial charge is 0.356 e. The molecule has 0 atom stereocenters. The summed E-state index contributed by atoms with van der Waals surface area (Å²) in [5.74, 6) is 1.89. The Morgan fingerprint density at radius 1 is 1.21 bits per heavy atom. The van der Waals surface area contributed by atoms with Crippen LogP contribution in [0.25, 0.3) is 0 Å². The molecular weight excluding hydrogens is 258 g/mol. The quantitative estimate of drug-likeness (QED) is 0.781. The van der Waals surface area contributed by atoms with Crippen LogP contribution in [-0.4, -0.2) is 23.1 Å². The zero-order valence-corrected chi connectivity index (χ0v) is 13.2. The number of aromatic nitrogens is 2. The molecule has 0 N–H and O–H groups in total. The van der Waals surface area contributed by atoms with Crippen LogP contribution in [0.5, 0.6) is 0 Å². The number of rotatable bonds is 4. The van der Waals surface area contributed by atoms with Crippen molar-refractivity contribution in [2.45, 2.75) is 53.4 Å². The molecule has 4 heteroatoms. The maximum Gasteiger partial charge on any atom is 0.137 e. The molecule has 19 heavy (non-hydrogen) atoms. The van der Waals surface area contributed by atoms with Crippen LogP contribution < -0.4 is 4.90 Å². The molecule has 106 valence electrons. The molecule has 1 aliphatic heterocycles. The zero-order valence-electron chi connectivity index (χ0n) is 12.5. The Hall–Kier alpha value is -0.830. The van der Waals surface area contributed by atoms with Crippen molar-refractivity contribution >= 4 is 17.4 Å². The smallest absolute Gasteiger partial charge is 0.137 e. The van der Waals surface area contributed by atoms with E-state index in [1.54, 1.807) is 0 Å². The molecule has 1 fully saturated rings. The normalized spacial score (nSPS) is 18.1. The predicted molar refractivity (Wildman–Crippen MR) is 81.0 cm³/mol. The van der Waals surface area contributed by atoms with E-state index >= 15 is 0 Å². The second-order valence-electron chi connectivity index (χ2n) is 5.61. The molecule has 0 radical (unpaired) electrons. The second kappa shape index (κ2) is 5.66. The van der Waals surface area contributed by atoms with Crippen molar-refractivity contribution < 1.29 is 0 Å². The molecule has 1 aromatic heterocycles. The van der Waals surface area contributed by atoms with Crippen LogP contribution in [0.2, 0.25) is 5.15 Å². The molecule has 1 aromatic rings. The Balaban J connectivity index is 2.31. The summed E-state index contributed by atoms with van der Waals surface area (Å²) in [6, 6.07) is 0.